The molecule has 0 radical (unpaired) electrons. The van der Waals surface area contributed by atoms with Gasteiger partial charge in [-0.2, -0.15) is 0 Å². The van der Waals surface area contributed by atoms with E-state index in [2.05, 4.69) is 51.8 Å². The molecule has 19 heavy (non-hydrogen) atoms. The van der Waals surface area contributed by atoms with Gasteiger partial charge < -0.3 is 4.74 Å². The number of benzene rings is 1. The van der Waals surface area contributed by atoms with Crippen LogP contribution in [0.15, 0.2) is 10.5 Å². The lowest BCUT2D eigenvalue weighted by Crippen LogP contribution is -2.05. The van der Waals surface area contributed by atoms with Crippen LogP contribution in [0.2, 0.25) is 0 Å². The van der Waals surface area contributed by atoms with Gasteiger partial charge in [0.05, 0.1) is 7.11 Å². The number of aryl methyl sites for hydroxylation is 1. The predicted octanol–water partition coefficient (Wildman–Crippen LogP) is 6.09. The number of hydrogen-bond donors (Lipinski definition) is 0. The third kappa shape index (κ3) is 3.36. The van der Waals surface area contributed by atoms with Crippen LogP contribution in [0.1, 0.15) is 53.6 Å². The van der Waals surface area contributed by atoms with Crippen molar-refractivity contribution in [1.29, 1.82) is 0 Å². The van der Waals surface area contributed by atoms with E-state index in [0.717, 1.165) is 11.7 Å². The molecule has 1 atom stereocenters. The zero-order valence-corrected chi connectivity index (χ0v) is 15.1. The molecule has 1 unspecified atom stereocenters. The first-order valence-electron chi connectivity index (χ1n) is 7.02. The van der Waals surface area contributed by atoms with Gasteiger partial charge in [-0.15, -0.1) is 0 Å². The van der Waals surface area contributed by atoms with Gasteiger partial charge in [0, 0.05) is 14.9 Å². The molecule has 0 bridgehead atoms. The van der Waals surface area contributed by atoms with E-state index < -0.39 is 0 Å². The zero-order chi connectivity index (χ0) is 14.0. The van der Waals surface area contributed by atoms with Crippen LogP contribution in [-0.4, -0.2) is 7.11 Å². The molecule has 1 nitrogen and oxygen atoms in total. The van der Waals surface area contributed by atoms with E-state index in [1.54, 1.807) is 7.11 Å². The number of alkyl halides is 1. The molecule has 2 rings (SSSR count). The fourth-order valence-electron chi connectivity index (χ4n) is 3.18. The molecule has 0 spiro atoms. The summed E-state index contributed by atoms with van der Waals surface area (Å²) >= 11 is 7.57. The fraction of sp³-hybridized carbons (Fsp3) is 0.625. The summed E-state index contributed by atoms with van der Waals surface area (Å²) in [4.78, 5) is 0.391. The summed E-state index contributed by atoms with van der Waals surface area (Å²) < 4.78 is 6.82. The van der Waals surface area contributed by atoms with Crippen molar-refractivity contribution in [3.05, 3.63) is 27.2 Å². The Hall–Kier alpha value is -0.0200. The molecule has 0 aliphatic heterocycles. The van der Waals surface area contributed by atoms with Crippen molar-refractivity contribution < 1.29 is 4.74 Å². The summed E-state index contributed by atoms with van der Waals surface area (Å²) in [6, 6.07) is 2.15. The molecule has 106 valence electrons. The van der Waals surface area contributed by atoms with Gasteiger partial charge in [0.15, 0.2) is 0 Å². The van der Waals surface area contributed by atoms with Gasteiger partial charge in [-0.1, -0.05) is 57.5 Å². The highest BCUT2D eigenvalue weighted by molar-refractivity contribution is 9.10. The second kappa shape index (κ2) is 6.62. The highest BCUT2D eigenvalue weighted by atomic mass is 79.9. The largest absolute Gasteiger partial charge is 0.496 e. The van der Waals surface area contributed by atoms with E-state index >= 15 is 0 Å². The van der Waals surface area contributed by atoms with Gasteiger partial charge in [0.1, 0.15) is 5.75 Å². The molecule has 0 amide bonds. The Kier molecular flexibility index (Phi) is 5.36. The monoisotopic (exact) mass is 388 g/mol. The topological polar surface area (TPSA) is 9.23 Å². The Morgan fingerprint density at radius 3 is 2.53 bits per heavy atom. The number of ether oxygens (including phenoxy) is 1. The smallest absolute Gasteiger partial charge is 0.126 e. The summed E-state index contributed by atoms with van der Waals surface area (Å²) in [7, 11) is 1.77. The predicted molar refractivity (Wildman–Crippen MR) is 88.4 cm³/mol. The maximum absolute atomic E-state index is 5.65. The minimum Gasteiger partial charge on any atom is -0.496 e. The van der Waals surface area contributed by atoms with E-state index in [1.165, 1.54) is 53.3 Å². The maximum Gasteiger partial charge on any atom is 0.126 e. The van der Waals surface area contributed by atoms with Crippen LogP contribution < -0.4 is 4.74 Å². The second-order valence-corrected chi connectivity index (χ2v) is 7.56. The van der Waals surface area contributed by atoms with Gasteiger partial charge in [0.25, 0.3) is 0 Å². The molecular weight excluding hydrogens is 368 g/mol. The molecule has 1 aliphatic rings. The van der Waals surface area contributed by atoms with Crippen molar-refractivity contribution in [2.75, 3.05) is 7.11 Å². The average Bonchev–Trinajstić information content (AvgIpc) is 2.85. The Balaban J connectivity index is 2.30. The summed E-state index contributed by atoms with van der Waals surface area (Å²) in [5.74, 6) is 1.91. The van der Waals surface area contributed by atoms with Gasteiger partial charge in [-0.05, 0) is 43.4 Å². The van der Waals surface area contributed by atoms with Crippen molar-refractivity contribution in [1.82, 2.24) is 0 Å². The normalized spacial score (nSPS) is 17.7. The molecule has 1 aromatic carbocycles. The standard InChI is InChI=1S/C16H22Br2O/c1-10-8-13(17)11(2)15(16(10)19-3)14(18)9-12-6-4-5-7-12/h8,12,14H,4-7,9H2,1-3H3. The van der Waals surface area contributed by atoms with Crippen LogP contribution in [0.4, 0.5) is 0 Å². The fourth-order valence-corrected chi connectivity index (χ4v) is 4.82. The van der Waals surface area contributed by atoms with Crippen LogP contribution in [-0.2, 0) is 0 Å². The SMILES string of the molecule is COc1c(C)cc(Br)c(C)c1C(Br)CC1CCCC1. The van der Waals surface area contributed by atoms with E-state index in [1.807, 2.05) is 0 Å². The molecule has 3 heteroatoms. The Labute approximate surface area is 133 Å². The average molecular weight is 390 g/mol. The summed E-state index contributed by atoms with van der Waals surface area (Å²) in [5.41, 5.74) is 3.81. The van der Waals surface area contributed by atoms with Crippen molar-refractivity contribution in [3.8, 4) is 5.75 Å². The van der Waals surface area contributed by atoms with E-state index in [9.17, 15) is 0 Å². The molecule has 1 aliphatic carbocycles. The third-order valence-corrected chi connectivity index (χ3v) is 5.90. The lowest BCUT2D eigenvalue weighted by atomic mass is 9.94. The van der Waals surface area contributed by atoms with Crippen molar-refractivity contribution in [2.45, 2.75) is 50.8 Å². The van der Waals surface area contributed by atoms with Crippen LogP contribution in [0, 0.1) is 19.8 Å². The van der Waals surface area contributed by atoms with Gasteiger partial charge in [-0.25, -0.2) is 0 Å². The minimum absolute atomic E-state index is 0.391. The molecule has 0 saturated heterocycles. The number of rotatable bonds is 4. The van der Waals surface area contributed by atoms with Crippen LogP contribution in [0.3, 0.4) is 0 Å². The number of hydrogen-bond acceptors (Lipinski definition) is 1. The van der Waals surface area contributed by atoms with Crippen LogP contribution in [0.25, 0.3) is 0 Å². The second-order valence-electron chi connectivity index (χ2n) is 5.60. The molecule has 0 N–H and O–H groups in total. The maximum atomic E-state index is 5.65. The first-order valence-corrected chi connectivity index (χ1v) is 8.73. The first kappa shape index (κ1) is 15.4. The van der Waals surface area contributed by atoms with Crippen LogP contribution >= 0.6 is 31.9 Å². The van der Waals surface area contributed by atoms with Gasteiger partial charge in [-0.3, -0.25) is 0 Å². The lowest BCUT2D eigenvalue weighted by molar-refractivity contribution is 0.401. The molecule has 0 aromatic heterocycles. The van der Waals surface area contributed by atoms with Crippen molar-refractivity contribution in [3.63, 3.8) is 0 Å². The lowest BCUT2D eigenvalue weighted by Gasteiger charge is -2.22. The molecule has 0 heterocycles. The summed E-state index contributed by atoms with van der Waals surface area (Å²) in [5, 5.41) is 0. The first-order chi connectivity index (χ1) is 9.04. The Bertz CT molecular complexity index is 451. The minimum atomic E-state index is 0.391. The number of halogens is 2. The Morgan fingerprint density at radius 1 is 1.32 bits per heavy atom. The quantitative estimate of drug-likeness (QED) is 0.566. The highest BCUT2D eigenvalue weighted by Gasteiger charge is 2.24. The van der Waals surface area contributed by atoms with Gasteiger partial charge in [0.2, 0.25) is 0 Å². The molecular formula is C16H22Br2O. The third-order valence-electron chi connectivity index (χ3n) is 4.24. The zero-order valence-electron chi connectivity index (χ0n) is 11.9. The Morgan fingerprint density at radius 2 is 1.95 bits per heavy atom. The molecule has 1 saturated carbocycles. The molecule has 1 aromatic rings. The van der Waals surface area contributed by atoms with E-state index in [4.69, 9.17) is 4.74 Å². The summed E-state index contributed by atoms with van der Waals surface area (Å²) in [6.45, 7) is 4.28. The van der Waals surface area contributed by atoms with E-state index in [0.29, 0.717) is 4.83 Å². The van der Waals surface area contributed by atoms with Crippen LogP contribution in [0.5, 0.6) is 5.75 Å². The van der Waals surface area contributed by atoms with E-state index in [-0.39, 0.29) is 0 Å². The summed E-state index contributed by atoms with van der Waals surface area (Å²) in [6.07, 6.45) is 6.79. The van der Waals surface area contributed by atoms with Crippen molar-refractivity contribution >= 4 is 31.9 Å². The number of methoxy groups -OCH3 is 1. The van der Waals surface area contributed by atoms with Gasteiger partial charge >= 0.3 is 0 Å². The van der Waals surface area contributed by atoms with Crippen molar-refractivity contribution in [2.24, 2.45) is 5.92 Å². The highest BCUT2D eigenvalue weighted by Crippen LogP contribution is 2.44. The molecule has 1 fully saturated rings.